The molecule has 0 bridgehead atoms. The summed E-state index contributed by atoms with van der Waals surface area (Å²) in [4.78, 5) is 1.89. The Balaban J connectivity index is 0.797. The average Bonchev–Trinajstić information content (AvgIpc) is 3.23. The molecule has 0 aromatic heterocycles. The van der Waals surface area contributed by atoms with Crippen LogP contribution in [0.2, 0.25) is 0 Å². The maximum absolute atomic E-state index is 4.35. The van der Waals surface area contributed by atoms with Crippen molar-refractivity contribution in [2.75, 3.05) is 31.9 Å². The number of rotatable bonds is 13. The molecule has 274 valence electrons. The van der Waals surface area contributed by atoms with Crippen molar-refractivity contribution in [3.05, 3.63) is 194 Å². The van der Waals surface area contributed by atoms with Gasteiger partial charge in [-0.2, -0.15) is 0 Å². The van der Waals surface area contributed by atoms with E-state index in [2.05, 4.69) is 203 Å². The fraction of sp³-hybridized carbons (Fsp3) is 0. The van der Waals surface area contributed by atoms with Crippen LogP contribution >= 0.6 is 25.3 Å². The summed E-state index contributed by atoms with van der Waals surface area (Å²) in [5.74, 6) is 0. The van der Waals surface area contributed by atoms with Crippen LogP contribution in [0, 0.1) is 0 Å². The molecule has 0 heterocycles. The van der Waals surface area contributed by atoms with Crippen LogP contribution in [0.3, 0.4) is 0 Å². The van der Waals surface area contributed by atoms with Crippen LogP contribution in [0.4, 0.5) is 68.2 Å². The third kappa shape index (κ3) is 9.86. The van der Waals surface area contributed by atoms with E-state index in [4.69, 9.17) is 0 Å². The smallest absolute Gasteiger partial charge is 0.0385 e. The third-order valence-electron chi connectivity index (χ3n) is 9.11. The molecule has 0 spiro atoms. The molecule has 8 rings (SSSR count). The first kappa shape index (κ1) is 36.2. The van der Waals surface area contributed by atoms with E-state index in [0.717, 1.165) is 89.2 Å². The second-order valence-electron chi connectivity index (χ2n) is 13.3. The van der Waals surface area contributed by atoms with Crippen LogP contribution in [-0.2, 0) is 0 Å². The predicted octanol–water partition coefficient (Wildman–Crippen LogP) is 14.4. The molecule has 0 amide bonds. The summed E-state index contributed by atoms with van der Waals surface area (Å²) in [6.45, 7) is 0. The number of thiol groups is 2. The van der Waals surface area contributed by atoms with Crippen molar-refractivity contribution in [1.82, 2.24) is 0 Å². The average molecular weight is 765 g/mol. The van der Waals surface area contributed by atoms with Gasteiger partial charge in [0.1, 0.15) is 0 Å². The van der Waals surface area contributed by atoms with Crippen LogP contribution in [0.25, 0.3) is 11.1 Å². The first-order chi connectivity index (χ1) is 27.5. The number of anilines is 12. The molecular formula is C48H40N6S2. The van der Waals surface area contributed by atoms with E-state index in [1.54, 1.807) is 0 Å². The molecule has 0 unspecified atom stereocenters. The molecule has 0 radical (unpaired) electrons. The van der Waals surface area contributed by atoms with Gasteiger partial charge in [-0.15, -0.1) is 25.3 Å². The highest BCUT2D eigenvalue weighted by atomic mass is 32.1. The van der Waals surface area contributed by atoms with Crippen LogP contribution in [0.1, 0.15) is 0 Å². The maximum Gasteiger partial charge on any atom is 0.0385 e. The number of hydrogen-bond donors (Lipinski definition) is 8. The van der Waals surface area contributed by atoms with E-state index in [-0.39, 0.29) is 0 Å². The summed E-state index contributed by atoms with van der Waals surface area (Å²) >= 11 is 8.71. The Morgan fingerprint density at radius 3 is 0.464 bits per heavy atom. The summed E-state index contributed by atoms with van der Waals surface area (Å²) in [6.07, 6.45) is 0. The van der Waals surface area contributed by atoms with Gasteiger partial charge < -0.3 is 31.9 Å². The van der Waals surface area contributed by atoms with Crippen molar-refractivity contribution in [2.45, 2.75) is 9.79 Å². The molecule has 0 fully saturated rings. The fourth-order valence-corrected chi connectivity index (χ4v) is 6.43. The molecule has 0 saturated carbocycles. The molecular weight excluding hydrogens is 725 g/mol. The molecule has 8 aromatic carbocycles. The van der Waals surface area contributed by atoms with Gasteiger partial charge in [-0.3, -0.25) is 0 Å². The minimum absolute atomic E-state index is 0.943. The Morgan fingerprint density at radius 1 is 0.179 bits per heavy atom. The Bertz CT molecular complexity index is 2290. The van der Waals surface area contributed by atoms with E-state index < -0.39 is 0 Å². The summed E-state index contributed by atoms with van der Waals surface area (Å²) in [6, 6.07) is 66.1. The minimum Gasteiger partial charge on any atom is -0.356 e. The second kappa shape index (κ2) is 17.2. The van der Waals surface area contributed by atoms with Crippen molar-refractivity contribution in [2.24, 2.45) is 0 Å². The summed E-state index contributed by atoms with van der Waals surface area (Å²) in [5, 5.41) is 20.8. The largest absolute Gasteiger partial charge is 0.356 e. The standard InChI is InChI=1S/C48H40N6S2/c55-47-29-25-45(26-30-47)53-43-21-17-41(18-22-43)51-39-13-9-37(10-14-39)49-35-5-1-33(2-6-35)34-3-7-36(8-4-34)50-38-11-15-40(16-12-38)52-42-19-23-44(24-20-42)54-46-27-31-48(56)32-28-46/h1-32,49-56H. The molecule has 6 N–H and O–H groups in total. The number of nitrogens with one attached hydrogen (secondary N) is 6. The van der Waals surface area contributed by atoms with Gasteiger partial charge >= 0.3 is 0 Å². The molecule has 0 aliphatic rings. The van der Waals surface area contributed by atoms with E-state index in [0.29, 0.717) is 0 Å². The molecule has 0 atom stereocenters. The van der Waals surface area contributed by atoms with Crippen molar-refractivity contribution in [3.8, 4) is 11.1 Å². The fourth-order valence-electron chi connectivity index (χ4n) is 6.13. The zero-order valence-corrected chi connectivity index (χ0v) is 32.2. The van der Waals surface area contributed by atoms with Gasteiger partial charge in [-0.1, -0.05) is 24.3 Å². The van der Waals surface area contributed by atoms with Crippen LogP contribution in [-0.4, -0.2) is 0 Å². The monoisotopic (exact) mass is 764 g/mol. The highest BCUT2D eigenvalue weighted by molar-refractivity contribution is 7.80. The zero-order chi connectivity index (χ0) is 38.1. The van der Waals surface area contributed by atoms with Gasteiger partial charge in [0.05, 0.1) is 0 Å². The van der Waals surface area contributed by atoms with Crippen LogP contribution in [0.5, 0.6) is 0 Å². The first-order valence-corrected chi connectivity index (χ1v) is 19.2. The summed E-state index contributed by atoms with van der Waals surface area (Å²) in [7, 11) is 0. The van der Waals surface area contributed by atoms with Gasteiger partial charge in [0, 0.05) is 78.0 Å². The van der Waals surface area contributed by atoms with E-state index in [9.17, 15) is 0 Å². The molecule has 56 heavy (non-hydrogen) atoms. The lowest BCUT2D eigenvalue weighted by molar-refractivity contribution is 1.45. The first-order valence-electron chi connectivity index (χ1n) is 18.3. The Morgan fingerprint density at radius 2 is 0.304 bits per heavy atom. The van der Waals surface area contributed by atoms with Gasteiger partial charge in [-0.25, -0.2) is 0 Å². The summed E-state index contributed by atoms with van der Waals surface area (Å²) in [5.41, 5.74) is 14.6. The minimum atomic E-state index is 0.943. The Kier molecular flexibility index (Phi) is 11.1. The highest BCUT2D eigenvalue weighted by Gasteiger charge is 2.04. The molecule has 8 heteroatoms. The molecule has 8 aromatic rings. The van der Waals surface area contributed by atoms with Gasteiger partial charge in [0.2, 0.25) is 0 Å². The van der Waals surface area contributed by atoms with Crippen molar-refractivity contribution >= 4 is 93.5 Å². The quantitative estimate of drug-likeness (QED) is 0.0559. The van der Waals surface area contributed by atoms with Crippen LogP contribution < -0.4 is 31.9 Å². The molecule has 0 saturated heterocycles. The molecule has 0 aliphatic heterocycles. The van der Waals surface area contributed by atoms with Crippen molar-refractivity contribution < 1.29 is 0 Å². The third-order valence-corrected chi connectivity index (χ3v) is 9.71. The van der Waals surface area contributed by atoms with Gasteiger partial charge in [-0.05, 0) is 181 Å². The van der Waals surface area contributed by atoms with Gasteiger partial charge in [0.25, 0.3) is 0 Å². The molecule has 0 aliphatic carbocycles. The normalized spacial score (nSPS) is 10.7. The SMILES string of the molecule is Sc1ccc(Nc2ccc(Nc3ccc(Nc4ccc(-c5ccc(Nc6ccc(Nc7ccc(Nc8ccc(S)cc8)cc7)cc6)cc5)cc4)cc3)cc2)cc1. The van der Waals surface area contributed by atoms with E-state index in [1.807, 2.05) is 48.5 Å². The second-order valence-corrected chi connectivity index (χ2v) is 14.3. The van der Waals surface area contributed by atoms with E-state index in [1.165, 1.54) is 0 Å². The zero-order valence-electron chi connectivity index (χ0n) is 30.4. The van der Waals surface area contributed by atoms with E-state index >= 15 is 0 Å². The molecule has 6 nitrogen and oxygen atoms in total. The number of hydrogen-bond acceptors (Lipinski definition) is 8. The lowest BCUT2D eigenvalue weighted by Gasteiger charge is -2.12. The van der Waals surface area contributed by atoms with Crippen molar-refractivity contribution in [3.63, 3.8) is 0 Å². The number of benzene rings is 8. The lowest BCUT2D eigenvalue weighted by atomic mass is 10.0. The maximum atomic E-state index is 4.35. The highest BCUT2D eigenvalue weighted by Crippen LogP contribution is 2.29. The van der Waals surface area contributed by atoms with Gasteiger partial charge in [0.15, 0.2) is 0 Å². The van der Waals surface area contributed by atoms with Crippen LogP contribution in [0.15, 0.2) is 204 Å². The predicted molar refractivity (Wildman–Crippen MR) is 245 cm³/mol. The summed E-state index contributed by atoms with van der Waals surface area (Å²) < 4.78 is 0. The lowest BCUT2D eigenvalue weighted by Crippen LogP contribution is -1.94. The Hall–Kier alpha value is -6.74. The topological polar surface area (TPSA) is 72.2 Å². The Labute approximate surface area is 338 Å². The van der Waals surface area contributed by atoms with Crippen molar-refractivity contribution in [1.29, 1.82) is 0 Å².